The summed E-state index contributed by atoms with van der Waals surface area (Å²) in [4.78, 5) is 25.4. The van der Waals surface area contributed by atoms with Gasteiger partial charge >= 0.3 is 0 Å². The van der Waals surface area contributed by atoms with Crippen LogP contribution in [0, 0.1) is 23.0 Å². The second-order valence-electron chi connectivity index (χ2n) is 7.49. The summed E-state index contributed by atoms with van der Waals surface area (Å²) in [6.07, 6.45) is 3.18. The van der Waals surface area contributed by atoms with Crippen molar-refractivity contribution in [3.05, 3.63) is 75.3 Å². The lowest BCUT2D eigenvalue weighted by Gasteiger charge is -2.32. The van der Waals surface area contributed by atoms with Gasteiger partial charge in [0.15, 0.2) is 0 Å². The number of nitro groups is 1. The van der Waals surface area contributed by atoms with Crippen LogP contribution in [0.3, 0.4) is 0 Å². The molecule has 0 radical (unpaired) electrons. The van der Waals surface area contributed by atoms with Crippen LogP contribution in [0.1, 0.15) is 34.3 Å². The molecule has 0 unspecified atom stereocenters. The molecular weight excluding hydrogens is 354 g/mol. The first-order valence-corrected chi connectivity index (χ1v) is 9.82. The summed E-state index contributed by atoms with van der Waals surface area (Å²) in [5.41, 5.74) is 2.26. The molecule has 0 spiro atoms. The van der Waals surface area contributed by atoms with Gasteiger partial charge in [-0.2, -0.15) is 0 Å². The SMILES string of the molecule is Cc1ccc(C(=O)NCC2CCN(CCc3ccccc3)CC2)cc1[N+](=O)[O-]. The Bertz CT molecular complexity index is 815. The van der Waals surface area contributed by atoms with Crippen molar-refractivity contribution in [2.75, 3.05) is 26.2 Å². The van der Waals surface area contributed by atoms with E-state index < -0.39 is 4.92 Å². The Kier molecular flexibility index (Phi) is 6.76. The Morgan fingerprint density at radius 3 is 2.57 bits per heavy atom. The summed E-state index contributed by atoms with van der Waals surface area (Å²) in [6, 6.07) is 15.1. The fourth-order valence-corrected chi connectivity index (χ4v) is 3.63. The predicted octanol–water partition coefficient (Wildman–Crippen LogP) is 3.59. The third-order valence-electron chi connectivity index (χ3n) is 5.49. The second kappa shape index (κ2) is 9.46. The van der Waals surface area contributed by atoms with Crippen LogP contribution in [0.15, 0.2) is 48.5 Å². The number of rotatable bonds is 7. The van der Waals surface area contributed by atoms with E-state index in [1.807, 2.05) is 6.07 Å². The number of hydrogen-bond donors (Lipinski definition) is 1. The number of piperidine rings is 1. The molecule has 0 aromatic heterocycles. The molecule has 148 valence electrons. The number of carbonyl (C=O) groups is 1. The van der Waals surface area contributed by atoms with Crippen molar-refractivity contribution in [2.45, 2.75) is 26.2 Å². The zero-order valence-corrected chi connectivity index (χ0v) is 16.3. The van der Waals surface area contributed by atoms with Crippen LogP contribution >= 0.6 is 0 Å². The molecule has 0 bridgehead atoms. The maximum absolute atomic E-state index is 12.4. The number of nitrogens with zero attached hydrogens (tertiary/aromatic N) is 2. The van der Waals surface area contributed by atoms with Gasteiger partial charge in [-0.3, -0.25) is 14.9 Å². The maximum Gasteiger partial charge on any atom is 0.273 e. The highest BCUT2D eigenvalue weighted by molar-refractivity contribution is 5.94. The van der Waals surface area contributed by atoms with Gasteiger partial charge in [0.05, 0.1) is 4.92 Å². The Balaban J connectivity index is 1.42. The normalized spacial score (nSPS) is 15.3. The number of hydrogen-bond acceptors (Lipinski definition) is 4. The summed E-state index contributed by atoms with van der Waals surface area (Å²) in [5.74, 6) is 0.215. The van der Waals surface area contributed by atoms with E-state index in [2.05, 4.69) is 34.5 Å². The number of benzene rings is 2. The standard InChI is InChI=1S/C22H27N3O3/c1-17-7-8-20(15-21(17)25(27)28)22(26)23-16-19-10-13-24(14-11-19)12-9-18-5-3-2-4-6-18/h2-8,15,19H,9-14,16H2,1H3,(H,23,26). The summed E-state index contributed by atoms with van der Waals surface area (Å²) in [6.45, 7) is 5.45. The average molecular weight is 381 g/mol. The van der Waals surface area contributed by atoms with Crippen molar-refractivity contribution in [3.63, 3.8) is 0 Å². The largest absolute Gasteiger partial charge is 0.352 e. The lowest BCUT2D eigenvalue weighted by molar-refractivity contribution is -0.385. The van der Waals surface area contributed by atoms with Gasteiger partial charge < -0.3 is 10.2 Å². The molecule has 0 aliphatic carbocycles. The summed E-state index contributed by atoms with van der Waals surface area (Å²) in [5, 5.41) is 14.0. The molecule has 1 saturated heterocycles. The van der Waals surface area contributed by atoms with Crippen LogP contribution in [-0.4, -0.2) is 41.9 Å². The summed E-state index contributed by atoms with van der Waals surface area (Å²) in [7, 11) is 0. The van der Waals surface area contributed by atoms with Crippen LogP contribution in [-0.2, 0) is 6.42 Å². The topological polar surface area (TPSA) is 75.5 Å². The highest BCUT2D eigenvalue weighted by Crippen LogP contribution is 2.20. The highest BCUT2D eigenvalue weighted by atomic mass is 16.6. The van der Waals surface area contributed by atoms with Gasteiger partial charge in [-0.05, 0) is 56.8 Å². The van der Waals surface area contributed by atoms with Gasteiger partial charge in [0.25, 0.3) is 11.6 Å². The predicted molar refractivity (Wildman–Crippen MR) is 109 cm³/mol. The fraction of sp³-hybridized carbons (Fsp3) is 0.409. The van der Waals surface area contributed by atoms with E-state index in [4.69, 9.17) is 0 Å². The summed E-state index contributed by atoms with van der Waals surface area (Å²) >= 11 is 0. The molecule has 3 rings (SSSR count). The lowest BCUT2D eigenvalue weighted by Crippen LogP contribution is -2.39. The zero-order valence-electron chi connectivity index (χ0n) is 16.3. The Labute approximate surface area is 165 Å². The van der Waals surface area contributed by atoms with Crippen molar-refractivity contribution >= 4 is 11.6 Å². The van der Waals surface area contributed by atoms with Gasteiger partial charge in [-0.25, -0.2) is 0 Å². The maximum atomic E-state index is 12.4. The number of amides is 1. The molecule has 2 aromatic carbocycles. The third-order valence-corrected chi connectivity index (χ3v) is 5.49. The molecule has 1 N–H and O–H groups in total. The van der Waals surface area contributed by atoms with Crippen molar-refractivity contribution in [1.82, 2.24) is 10.2 Å². The van der Waals surface area contributed by atoms with Crippen LogP contribution in [0.4, 0.5) is 5.69 Å². The summed E-state index contributed by atoms with van der Waals surface area (Å²) < 4.78 is 0. The first-order valence-electron chi connectivity index (χ1n) is 9.82. The molecule has 0 atom stereocenters. The van der Waals surface area contributed by atoms with Gasteiger partial charge in [0.1, 0.15) is 0 Å². The van der Waals surface area contributed by atoms with E-state index in [1.165, 1.54) is 11.6 Å². The zero-order chi connectivity index (χ0) is 19.9. The van der Waals surface area contributed by atoms with Crippen LogP contribution in [0.5, 0.6) is 0 Å². The van der Waals surface area contributed by atoms with E-state index >= 15 is 0 Å². The fourth-order valence-electron chi connectivity index (χ4n) is 3.63. The molecule has 1 amide bonds. The van der Waals surface area contributed by atoms with Crippen LogP contribution < -0.4 is 5.32 Å². The quantitative estimate of drug-likeness (QED) is 0.587. The van der Waals surface area contributed by atoms with Gasteiger partial charge in [0, 0.05) is 30.3 Å². The molecule has 6 heteroatoms. The number of likely N-dealkylation sites (tertiary alicyclic amines) is 1. The minimum Gasteiger partial charge on any atom is -0.352 e. The van der Waals surface area contributed by atoms with Gasteiger partial charge in [-0.1, -0.05) is 36.4 Å². The molecular formula is C22H27N3O3. The van der Waals surface area contributed by atoms with Crippen LogP contribution in [0.2, 0.25) is 0 Å². The van der Waals surface area contributed by atoms with E-state index in [0.717, 1.165) is 38.9 Å². The first kappa shape index (κ1) is 20.0. The van der Waals surface area contributed by atoms with Crippen LogP contribution in [0.25, 0.3) is 0 Å². The number of carbonyl (C=O) groups excluding carboxylic acids is 1. The van der Waals surface area contributed by atoms with Crippen molar-refractivity contribution < 1.29 is 9.72 Å². The van der Waals surface area contributed by atoms with Crippen molar-refractivity contribution in [1.29, 1.82) is 0 Å². The van der Waals surface area contributed by atoms with E-state index in [1.54, 1.807) is 19.1 Å². The second-order valence-corrected chi connectivity index (χ2v) is 7.49. The number of nitrogens with one attached hydrogen (secondary N) is 1. The Morgan fingerprint density at radius 1 is 1.18 bits per heavy atom. The molecule has 1 fully saturated rings. The smallest absolute Gasteiger partial charge is 0.273 e. The average Bonchev–Trinajstić information content (AvgIpc) is 2.72. The van der Waals surface area contributed by atoms with Gasteiger partial charge in [0.2, 0.25) is 0 Å². The minimum absolute atomic E-state index is 0.0145. The molecule has 2 aromatic rings. The Hall–Kier alpha value is -2.73. The minimum atomic E-state index is -0.447. The molecule has 1 heterocycles. The number of nitro benzene ring substituents is 1. The molecule has 28 heavy (non-hydrogen) atoms. The van der Waals surface area contributed by atoms with Gasteiger partial charge in [-0.15, -0.1) is 0 Å². The monoisotopic (exact) mass is 381 g/mol. The highest BCUT2D eigenvalue weighted by Gasteiger charge is 2.20. The first-order chi connectivity index (χ1) is 13.5. The van der Waals surface area contributed by atoms with Crippen molar-refractivity contribution in [3.8, 4) is 0 Å². The van der Waals surface area contributed by atoms with E-state index in [-0.39, 0.29) is 11.6 Å². The molecule has 1 aliphatic rings. The molecule has 0 saturated carbocycles. The van der Waals surface area contributed by atoms with E-state index in [0.29, 0.717) is 23.6 Å². The number of aryl methyl sites for hydroxylation is 1. The lowest BCUT2D eigenvalue weighted by atomic mass is 9.96. The Morgan fingerprint density at radius 2 is 1.89 bits per heavy atom. The van der Waals surface area contributed by atoms with Crippen molar-refractivity contribution in [2.24, 2.45) is 5.92 Å². The van der Waals surface area contributed by atoms with E-state index in [9.17, 15) is 14.9 Å². The third kappa shape index (κ3) is 5.39. The molecule has 6 nitrogen and oxygen atoms in total. The molecule has 1 aliphatic heterocycles.